The zero-order valence-electron chi connectivity index (χ0n) is 10.6. The Labute approximate surface area is 109 Å². The minimum atomic E-state index is 0.830. The van der Waals surface area contributed by atoms with Gasteiger partial charge in [-0.25, -0.2) is 0 Å². The van der Waals surface area contributed by atoms with Crippen LogP contribution in [0.3, 0.4) is 0 Å². The highest BCUT2D eigenvalue weighted by molar-refractivity contribution is 6.30. The zero-order valence-corrected chi connectivity index (χ0v) is 11.3. The second kappa shape index (κ2) is 6.39. The molecule has 0 aliphatic carbocycles. The number of piperidine rings is 1. The van der Waals surface area contributed by atoms with Gasteiger partial charge in [-0.1, -0.05) is 23.7 Å². The van der Waals surface area contributed by atoms with Gasteiger partial charge in [-0.3, -0.25) is 0 Å². The zero-order chi connectivity index (χ0) is 12.1. The third kappa shape index (κ3) is 4.30. The maximum atomic E-state index is 5.87. The van der Waals surface area contributed by atoms with Crippen molar-refractivity contribution in [3.05, 3.63) is 34.9 Å². The lowest BCUT2D eigenvalue weighted by Crippen LogP contribution is -3.12. The van der Waals surface area contributed by atoms with E-state index in [1.165, 1.54) is 38.0 Å². The molecule has 17 heavy (non-hydrogen) atoms. The van der Waals surface area contributed by atoms with Crippen molar-refractivity contribution >= 4 is 11.6 Å². The minimum absolute atomic E-state index is 0.830. The summed E-state index contributed by atoms with van der Waals surface area (Å²) in [6.07, 6.45) is 3.88. The van der Waals surface area contributed by atoms with E-state index in [0.29, 0.717) is 0 Å². The summed E-state index contributed by atoms with van der Waals surface area (Å²) in [6, 6.07) is 9.08. The van der Waals surface area contributed by atoms with Gasteiger partial charge < -0.3 is 10.2 Å². The van der Waals surface area contributed by atoms with Crippen molar-refractivity contribution in [3.63, 3.8) is 0 Å². The third-order valence-electron chi connectivity index (χ3n) is 3.73. The molecule has 1 fully saturated rings. The van der Waals surface area contributed by atoms with E-state index in [1.807, 2.05) is 12.1 Å². The first kappa shape index (κ1) is 12.9. The van der Waals surface area contributed by atoms with E-state index in [2.05, 4.69) is 24.5 Å². The van der Waals surface area contributed by atoms with Gasteiger partial charge in [0.05, 0.1) is 32.7 Å². The SMILES string of the molecule is C[NH+]1CCC([NH2+]CCc2ccc(Cl)cc2)CC1. The van der Waals surface area contributed by atoms with Crippen LogP contribution in [-0.4, -0.2) is 32.7 Å². The Morgan fingerprint density at radius 3 is 2.53 bits per heavy atom. The van der Waals surface area contributed by atoms with E-state index in [9.17, 15) is 0 Å². The molecular weight excluding hydrogens is 232 g/mol. The van der Waals surface area contributed by atoms with Gasteiger partial charge in [0.1, 0.15) is 0 Å². The predicted molar refractivity (Wildman–Crippen MR) is 71.6 cm³/mol. The van der Waals surface area contributed by atoms with Crippen LogP contribution < -0.4 is 10.2 Å². The lowest BCUT2D eigenvalue weighted by Gasteiger charge is -2.24. The summed E-state index contributed by atoms with van der Waals surface area (Å²) in [4.78, 5) is 1.69. The van der Waals surface area contributed by atoms with E-state index < -0.39 is 0 Å². The molecule has 0 atom stereocenters. The summed E-state index contributed by atoms with van der Waals surface area (Å²) in [6.45, 7) is 3.87. The number of rotatable bonds is 4. The molecule has 3 N–H and O–H groups in total. The topological polar surface area (TPSA) is 21.1 Å². The van der Waals surface area contributed by atoms with Crippen molar-refractivity contribution < 1.29 is 10.2 Å². The van der Waals surface area contributed by atoms with Crippen LogP contribution in [0.25, 0.3) is 0 Å². The van der Waals surface area contributed by atoms with Crippen LogP contribution in [-0.2, 0) is 6.42 Å². The van der Waals surface area contributed by atoms with Crippen molar-refractivity contribution in [2.24, 2.45) is 0 Å². The van der Waals surface area contributed by atoms with Crippen LogP contribution >= 0.6 is 11.6 Å². The number of hydrogen-bond donors (Lipinski definition) is 2. The molecule has 2 nitrogen and oxygen atoms in total. The fourth-order valence-electron chi connectivity index (χ4n) is 2.51. The molecule has 0 spiro atoms. The Hall–Kier alpha value is -0.570. The lowest BCUT2D eigenvalue weighted by molar-refractivity contribution is -0.894. The molecule has 1 aromatic rings. The van der Waals surface area contributed by atoms with Crippen LogP contribution in [0.2, 0.25) is 5.02 Å². The first-order valence-electron chi connectivity index (χ1n) is 6.63. The summed E-state index contributed by atoms with van der Waals surface area (Å²) in [5, 5.41) is 3.36. The largest absolute Gasteiger partial charge is 0.343 e. The molecule has 0 unspecified atom stereocenters. The molecule has 1 heterocycles. The van der Waals surface area contributed by atoms with E-state index >= 15 is 0 Å². The van der Waals surface area contributed by atoms with Crippen molar-refractivity contribution in [1.82, 2.24) is 0 Å². The van der Waals surface area contributed by atoms with Crippen molar-refractivity contribution in [1.29, 1.82) is 0 Å². The molecular formula is C14H23ClN2+2. The summed E-state index contributed by atoms with van der Waals surface area (Å²) < 4.78 is 0. The monoisotopic (exact) mass is 254 g/mol. The molecule has 0 radical (unpaired) electrons. The first-order chi connectivity index (χ1) is 8.24. The van der Waals surface area contributed by atoms with Gasteiger partial charge in [0.2, 0.25) is 0 Å². The molecule has 1 saturated heterocycles. The Kier molecular flexibility index (Phi) is 4.84. The van der Waals surface area contributed by atoms with Crippen LogP contribution in [0.15, 0.2) is 24.3 Å². The number of quaternary nitrogens is 2. The number of nitrogens with two attached hydrogens (primary N) is 1. The highest BCUT2D eigenvalue weighted by atomic mass is 35.5. The van der Waals surface area contributed by atoms with E-state index in [4.69, 9.17) is 11.6 Å². The van der Waals surface area contributed by atoms with Gasteiger partial charge >= 0.3 is 0 Å². The normalized spacial score (nSPS) is 24.8. The number of likely N-dealkylation sites (tertiary alicyclic amines) is 1. The standard InChI is InChI=1S/C14H21ClN2/c1-17-10-7-14(8-11-17)16-9-6-12-2-4-13(15)5-3-12/h2-5,14,16H,6-11H2,1H3/p+2. The maximum absolute atomic E-state index is 5.87. The second-order valence-corrected chi connectivity index (χ2v) is 5.63. The van der Waals surface area contributed by atoms with Gasteiger partial charge in [0, 0.05) is 24.3 Å². The Morgan fingerprint density at radius 1 is 1.24 bits per heavy atom. The molecule has 0 aromatic heterocycles. The number of nitrogens with one attached hydrogen (secondary N) is 1. The summed E-state index contributed by atoms with van der Waals surface area (Å²) in [7, 11) is 2.30. The minimum Gasteiger partial charge on any atom is -0.343 e. The number of benzene rings is 1. The van der Waals surface area contributed by atoms with Crippen LogP contribution in [0, 0.1) is 0 Å². The van der Waals surface area contributed by atoms with Gasteiger partial charge in [-0.05, 0) is 17.7 Å². The average Bonchev–Trinajstić information content (AvgIpc) is 2.34. The highest BCUT2D eigenvalue weighted by Crippen LogP contribution is 2.09. The fraction of sp³-hybridized carbons (Fsp3) is 0.571. The molecule has 1 aromatic carbocycles. The van der Waals surface area contributed by atoms with Gasteiger partial charge in [0.15, 0.2) is 0 Å². The molecule has 2 rings (SSSR count). The van der Waals surface area contributed by atoms with Crippen LogP contribution in [0.1, 0.15) is 18.4 Å². The number of halogens is 1. The Balaban J connectivity index is 1.67. The summed E-state index contributed by atoms with van der Waals surface area (Å²) in [5.41, 5.74) is 1.39. The third-order valence-corrected chi connectivity index (χ3v) is 3.98. The van der Waals surface area contributed by atoms with Gasteiger partial charge in [-0.2, -0.15) is 0 Å². The van der Waals surface area contributed by atoms with E-state index in [-0.39, 0.29) is 0 Å². The van der Waals surface area contributed by atoms with Gasteiger partial charge in [-0.15, -0.1) is 0 Å². The van der Waals surface area contributed by atoms with Crippen molar-refractivity contribution in [2.75, 3.05) is 26.7 Å². The highest BCUT2D eigenvalue weighted by Gasteiger charge is 2.21. The maximum Gasteiger partial charge on any atom is 0.0967 e. The number of hydrogen-bond acceptors (Lipinski definition) is 0. The fourth-order valence-corrected chi connectivity index (χ4v) is 2.63. The molecule has 0 amide bonds. The van der Waals surface area contributed by atoms with E-state index in [0.717, 1.165) is 17.5 Å². The molecule has 1 aliphatic heterocycles. The van der Waals surface area contributed by atoms with Gasteiger partial charge in [0.25, 0.3) is 0 Å². The van der Waals surface area contributed by atoms with Crippen molar-refractivity contribution in [2.45, 2.75) is 25.3 Å². The van der Waals surface area contributed by atoms with Crippen molar-refractivity contribution in [3.8, 4) is 0 Å². The molecule has 0 bridgehead atoms. The van der Waals surface area contributed by atoms with E-state index in [1.54, 1.807) is 4.90 Å². The van der Waals surface area contributed by atoms with Crippen LogP contribution in [0.5, 0.6) is 0 Å². The molecule has 0 saturated carbocycles. The molecule has 1 aliphatic rings. The Bertz CT molecular complexity index is 329. The molecule has 94 valence electrons. The Morgan fingerprint density at radius 2 is 1.88 bits per heavy atom. The summed E-state index contributed by atoms with van der Waals surface area (Å²) in [5.74, 6) is 0. The first-order valence-corrected chi connectivity index (χ1v) is 7.01. The lowest BCUT2D eigenvalue weighted by atomic mass is 10.1. The quantitative estimate of drug-likeness (QED) is 0.762. The average molecular weight is 255 g/mol. The smallest absolute Gasteiger partial charge is 0.0967 e. The summed E-state index contributed by atoms with van der Waals surface area (Å²) >= 11 is 5.87. The predicted octanol–water partition coefficient (Wildman–Crippen LogP) is 0.123. The van der Waals surface area contributed by atoms with Crippen LogP contribution in [0.4, 0.5) is 0 Å². The second-order valence-electron chi connectivity index (χ2n) is 5.20. The molecule has 3 heteroatoms.